The zero-order valence-corrected chi connectivity index (χ0v) is 9.18. The van der Waals surface area contributed by atoms with Crippen LogP contribution in [0.3, 0.4) is 0 Å². The standard InChI is InChI=1S/C6H13ClO5Si/c1-5(8)11-3-6(2-7)12-4-13(9)10/h6,9-10,13H,2-4H2,1H3. The van der Waals surface area contributed by atoms with Gasteiger partial charge in [-0.15, -0.1) is 11.6 Å². The number of halogens is 1. The second kappa shape index (κ2) is 7.28. The van der Waals surface area contributed by atoms with E-state index in [0.717, 1.165) is 0 Å². The van der Waals surface area contributed by atoms with Crippen LogP contribution in [-0.2, 0) is 14.3 Å². The molecule has 0 aromatic rings. The van der Waals surface area contributed by atoms with Gasteiger partial charge in [-0.3, -0.25) is 4.79 Å². The Bertz CT molecular complexity index is 154. The van der Waals surface area contributed by atoms with E-state index in [2.05, 4.69) is 4.74 Å². The summed E-state index contributed by atoms with van der Waals surface area (Å²) in [5.41, 5.74) is 0. The predicted octanol–water partition coefficient (Wildman–Crippen LogP) is -1.08. The van der Waals surface area contributed by atoms with Gasteiger partial charge < -0.3 is 19.1 Å². The topological polar surface area (TPSA) is 76.0 Å². The highest BCUT2D eigenvalue weighted by molar-refractivity contribution is 6.40. The SMILES string of the molecule is CC(=O)OCC(CCl)OC[SiH](O)O. The zero-order chi connectivity index (χ0) is 10.3. The van der Waals surface area contributed by atoms with Crippen molar-refractivity contribution in [2.24, 2.45) is 0 Å². The van der Waals surface area contributed by atoms with Crippen LogP contribution >= 0.6 is 11.6 Å². The van der Waals surface area contributed by atoms with E-state index in [-0.39, 0.29) is 18.7 Å². The molecule has 0 rings (SSSR count). The molecular weight excluding hydrogens is 216 g/mol. The number of rotatable bonds is 6. The molecule has 5 nitrogen and oxygen atoms in total. The number of carbonyl (C=O) groups excluding carboxylic acids is 1. The highest BCUT2D eigenvalue weighted by Gasteiger charge is 2.12. The highest BCUT2D eigenvalue weighted by Crippen LogP contribution is 1.97. The lowest BCUT2D eigenvalue weighted by atomic mass is 10.4. The number of ether oxygens (including phenoxy) is 2. The van der Waals surface area contributed by atoms with E-state index in [1.54, 1.807) is 0 Å². The molecule has 0 aromatic heterocycles. The smallest absolute Gasteiger partial charge is 0.342 e. The van der Waals surface area contributed by atoms with Crippen LogP contribution in [0.5, 0.6) is 0 Å². The number of carbonyl (C=O) groups is 1. The number of alkyl halides is 1. The second-order valence-electron chi connectivity index (χ2n) is 2.39. The monoisotopic (exact) mass is 228 g/mol. The van der Waals surface area contributed by atoms with Gasteiger partial charge >= 0.3 is 15.3 Å². The van der Waals surface area contributed by atoms with Gasteiger partial charge in [-0.25, -0.2) is 0 Å². The van der Waals surface area contributed by atoms with E-state index in [1.807, 2.05) is 0 Å². The molecule has 0 aliphatic rings. The van der Waals surface area contributed by atoms with E-state index >= 15 is 0 Å². The predicted molar refractivity (Wildman–Crippen MR) is 48.7 cm³/mol. The van der Waals surface area contributed by atoms with Crippen LogP contribution in [0.4, 0.5) is 0 Å². The molecule has 0 saturated heterocycles. The minimum atomic E-state index is -2.71. The van der Waals surface area contributed by atoms with Crippen molar-refractivity contribution in [1.82, 2.24) is 0 Å². The Kier molecular flexibility index (Phi) is 7.20. The van der Waals surface area contributed by atoms with E-state index in [1.165, 1.54) is 6.92 Å². The maximum Gasteiger partial charge on any atom is 0.342 e. The van der Waals surface area contributed by atoms with E-state index < -0.39 is 21.4 Å². The van der Waals surface area contributed by atoms with Gasteiger partial charge in [0.2, 0.25) is 0 Å². The zero-order valence-electron chi connectivity index (χ0n) is 7.27. The van der Waals surface area contributed by atoms with Crippen LogP contribution in [0.2, 0.25) is 0 Å². The second-order valence-corrected chi connectivity index (χ2v) is 4.00. The molecule has 0 aromatic carbocycles. The van der Waals surface area contributed by atoms with Gasteiger partial charge in [-0.05, 0) is 0 Å². The largest absolute Gasteiger partial charge is 0.463 e. The molecule has 1 atom stereocenters. The van der Waals surface area contributed by atoms with Gasteiger partial charge in [0.05, 0.1) is 12.1 Å². The van der Waals surface area contributed by atoms with Crippen molar-refractivity contribution in [3.05, 3.63) is 0 Å². The Morgan fingerprint density at radius 3 is 2.62 bits per heavy atom. The van der Waals surface area contributed by atoms with Gasteiger partial charge in [-0.1, -0.05) is 0 Å². The first-order valence-electron chi connectivity index (χ1n) is 3.73. The average Bonchev–Trinajstić information content (AvgIpc) is 2.04. The van der Waals surface area contributed by atoms with Crippen molar-refractivity contribution in [3.8, 4) is 0 Å². The van der Waals surface area contributed by atoms with Crippen molar-refractivity contribution in [3.63, 3.8) is 0 Å². The molecule has 0 fully saturated rings. The molecule has 2 N–H and O–H groups in total. The summed E-state index contributed by atoms with van der Waals surface area (Å²) in [7, 11) is -2.71. The Labute approximate surface area is 83.1 Å². The summed E-state index contributed by atoms with van der Waals surface area (Å²) < 4.78 is 9.59. The third-order valence-corrected chi connectivity index (χ3v) is 1.96. The first-order chi connectivity index (χ1) is 6.06. The van der Waals surface area contributed by atoms with Crippen LogP contribution in [0.1, 0.15) is 6.92 Å². The van der Waals surface area contributed by atoms with Gasteiger partial charge in [-0.2, -0.15) is 0 Å². The molecule has 0 aliphatic heterocycles. The molecule has 0 saturated carbocycles. The summed E-state index contributed by atoms with van der Waals surface area (Å²) in [6, 6.07) is 0. The third-order valence-electron chi connectivity index (χ3n) is 1.13. The van der Waals surface area contributed by atoms with Gasteiger partial charge in [0.15, 0.2) is 0 Å². The Hall–Kier alpha value is -0.143. The van der Waals surface area contributed by atoms with Crippen molar-refractivity contribution in [1.29, 1.82) is 0 Å². The molecule has 0 amide bonds. The Morgan fingerprint density at radius 1 is 1.62 bits per heavy atom. The summed E-state index contributed by atoms with van der Waals surface area (Å²) in [6.45, 7) is 1.32. The molecule has 78 valence electrons. The normalized spacial score (nSPS) is 13.0. The van der Waals surface area contributed by atoms with Crippen molar-refractivity contribution in [2.45, 2.75) is 13.0 Å². The molecule has 7 heteroatoms. The van der Waals surface area contributed by atoms with Gasteiger partial charge in [0, 0.05) is 6.92 Å². The van der Waals surface area contributed by atoms with Crippen LogP contribution < -0.4 is 0 Å². The average molecular weight is 229 g/mol. The molecule has 0 bridgehead atoms. The minimum absolute atomic E-state index is 0.0416. The van der Waals surface area contributed by atoms with Crippen molar-refractivity contribution in [2.75, 3.05) is 18.7 Å². The fourth-order valence-electron chi connectivity index (χ4n) is 0.570. The molecule has 0 heterocycles. The van der Waals surface area contributed by atoms with E-state index in [4.69, 9.17) is 25.9 Å². The lowest BCUT2D eigenvalue weighted by Crippen LogP contribution is -2.29. The lowest BCUT2D eigenvalue weighted by Gasteiger charge is -2.14. The lowest BCUT2D eigenvalue weighted by molar-refractivity contribution is -0.144. The molecule has 0 spiro atoms. The molecule has 0 radical (unpaired) electrons. The number of hydrogen-bond acceptors (Lipinski definition) is 5. The summed E-state index contributed by atoms with van der Waals surface area (Å²) >= 11 is 5.47. The Morgan fingerprint density at radius 2 is 2.23 bits per heavy atom. The third kappa shape index (κ3) is 8.19. The highest BCUT2D eigenvalue weighted by atomic mass is 35.5. The van der Waals surface area contributed by atoms with E-state index in [9.17, 15) is 4.79 Å². The van der Waals surface area contributed by atoms with E-state index in [0.29, 0.717) is 0 Å². The molecule has 0 aliphatic carbocycles. The fraction of sp³-hybridized carbons (Fsp3) is 0.833. The summed E-state index contributed by atoms with van der Waals surface area (Å²) in [5, 5.41) is 0. The van der Waals surface area contributed by atoms with Crippen LogP contribution in [0, 0.1) is 0 Å². The maximum absolute atomic E-state index is 10.4. The summed E-state index contributed by atoms with van der Waals surface area (Å²) in [6.07, 6.45) is -0.585. The minimum Gasteiger partial charge on any atom is -0.463 e. The molecule has 1 unspecified atom stereocenters. The molecular formula is C6H13ClO5Si. The van der Waals surface area contributed by atoms with Crippen LogP contribution in [0.15, 0.2) is 0 Å². The van der Waals surface area contributed by atoms with Crippen LogP contribution in [0.25, 0.3) is 0 Å². The number of hydrogen-bond donors (Lipinski definition) is 2. The molecule has 13 heavy (non-hydrogen) atoms. The summed E-state index contributed by atoms with van der Waals surface area (Å²) in [5.74, 6) is -0.269. The van der Waals surface area contributed by atoms with Crippen LogP contribution in [-0.4, -0.2) is 49.7 Å². The first-order valence-corrected chi connectivity index (χ1v) is 6.11. The summed E-state index contributed by atoms with van der Waals surface area (Å²) in [4.78, 5) is 27.6. The Balaban J connectivity index is 3.57. The fourth-order valence-corrected chi connectivity index (χ4v) is 1.19. The van der Waals surface area contributed by atoms with Gasteiger partial charge in [0.1, 0.15) is 12.7 Å². The van der Waals surface area contributed by atoms with Crippen molar-refractivity contribution >= 4 is 26.9 Å². The number of esters is 1. The quantitative estimate of drug-likeness (QED) is 0.344. The first kappa shape index (κ1) is 12.9. The maximum atomic E-state index is 10.4. The van der Waals surface area contributed by atoms with Crippen molar-refractivity contribution < 1.29 is 23.9 Å². The van der Waals surface area contributed by atoms with Gasteiger partial charge in [0.25, 0.3) is 0 Å².